The van der Waals surface area contributed by atoms with Crippen LogP contribution in [0, 0.1) is 22.7 Å². The summed E-state index contributed by atoms with van der Waals surface area (Å²) in [6.45, 7) is 0. The lowest BCUT2D eigenvalue weighted by molar-refractivity contribution is 1.18. The van der Waals surface area contributed by atoms with Crippen LogP contribution in [0.3, 0.4) is 0 Å². The van der Waals surface area contributed by atoms with Gasteiger partial charge in [-0.25, -0.2) is 0 Å². The molecule has 2 heterocycles. The summed E-state index contributed by atoms with van der Waals surface area (Å²) in [5.41, 5.74) is 13.4. The lowest BCUT2D eigenvalue weighted by atomic mass is 9.91. The van der Waals surface area contributed by atoms with Crippen molar-refractivity contribution in [3.8, 4) is 56.9 Å². The van der Waals surface area contributed by atoms with Crippen LogP contribution in [0.4, 0.5) is 0 Å². The molecule has 4 heteroatoms. The first kappa shape index (κ1) is 31.1. The molecule has 250 valence electrons. The molecule has 0 unspecified atom stereocenters. The lowest BCUT2D eigenvalue weighted by Crippen LogP contribution is -1.93. The zero-order chi connectivity index (χ0) is 36.2. The Bertz CT molecular complexity index is 3170. The van der Waals surface area contributed by atoms with E-state index in [9.17, 15) is 10.5 Å². The summed E-state index contributed by atoms with van der Waals surface area (Å²) in [7, 11) is 0. The van der Waals surface area contributed by atoms with E-state index in [0.29, 0.717) is 11.1 Å². The fourth-order valence-electron chi connectivity index (χ4n) is 8.10. The van der Waals surface area contributed by atoms with E-state index >= 15 is 0 Å². The Balaban J connectivity index is 1.07. The van der Waals surface area contributed by atoms with Crippen molar-refractivity contribution in [3.63, 3.8) is 0 Å². The van der Waals surface area contributed by atoms with Gasteiger partial charge in [-0.05, 0) is 118 Å². The van der Waals surface area contributed by atoms with Gasteiger partial charge in [0.15, 0.2) is 0 Å². The molecule has 54 heavy (non-hydrogen) atoms. The highest BCUT2D eigenvalue weighted by Crippen LogP contribution is 2.39. The summed E-state index contributed by atoms with van der Waals surface area (Å²) in [5, 5.41) is 25.3. The second-order valence-electron chi connectivity index (χ2n) is 13.6. The number of benzene rings is 8. The molecule has 0 N–H and O–H groups in total. The van der Waals surface area contributed by atoms with Crippen molar-refractivity contribution in [1.82, 2.24) is 9.13 Å². The van der Waals surface area contributed by atoms with Crippen LogP contribution in [0.2, 0.25) is 0 Å². The smallest absolute Gasteiger partial charge is 0.0998 e. The van der Waals surface area contributed by atoms with Gasteiger partial charge in [-0.15, -0.1) is 0 Å². The van der Waals surface area contributed by atoms with Crippen LogP contribution in [-0.2, 0) is 0 Å². The molecule has 4 nitrogen and oxygen atoms in total. The molecule has 0 fully saturated rings. The summed E-state index contributed by atoms with van der Waals surface area (Å²) in [4.78, 5) is 0. The third-order valence-electron chi connectivity index (χ3n) is 10.6. The molecule has 10 aromatic rings. The van der Waals surface area contributed by atoms with Gasteiger partial charge < -0.3 is 9.13 Å². The van der Waals surface area contributed by atoms with E-state index in [-0.39, 0.29) is 0 Å². The number of hydrogen-bond donors (Lipinski definition) is 0. The van der Waals surface area contributed by atoms with Crippen LogP contribution in [0.25, 0.3) is 88.4 Å². The van der Waals surface area contributed by atoms with E-state index in [1.54, 1.807) is 0 Å². The van der Waals surface area contributed by atoms with Gasteiger partial charge in [0.1, 0.15) is 0 Å². The van der Waals surface area contributed by atoms with Crippen molar-refractivity contribution in [2.75, 3.05) is 0 Å². The summed E-state index contributed by atoms with van der Waals surface area (Å²) in [6, 6.07) is 67.7. The number of para-hydroxylation sites is 4. The van der Waals surface area contributed by atoms with Crippen LogP contribution in [0.5, 0.6) is 0 Å². The van der Waals surface area contributed by atoms with E-state index in [1.165, 1.54) is 10.8 Å². The van der Waals surface area contributed by atoms with E-state index < -0.39 is 0 Å². The minimum Gasteiger partial charge on any atom is -0.309 e. The average molecular weight is 687 g/mol. The molecule has 0 aliphatic rings. The Hall–Kier alpha value is -7.66. The van der Waals surface area contributed by atoms with Crippen LogP contribution in [-0.4, -0.2) is 9.13 Å². The molecular weight excluding hydrogens is 657 g/mol. The molecule has 0 saturated carbocycles. The van der Waals surface area contributed by atoms with Crippen LogP contribution < -0.4 is 0 Å². The largest absolute Gasteiger partial charge is 0.309 e. The molecular formula is C50H30N4. The van der Waals surface area contributed by atoms with Crippen LogP contribution in [0.1, 0.15) is 11.1 Å². The van der Waals surface area contributed by atoms with Crippen molar-refractivity contribution >= 4 is 43.6 Å². The maximum atomic E-state index is 10.5. The Morgan fingerprint density at radius 1 is 0.333 bits per heavy atom. The number of nitriles is 2. The molecule has 0 atom stereocenters. The highest BCUT2D eigenvalue weighted by atomic mass is 15.0. The van der Waals surface area contributed by atoms with E-state index in [0.717, 1.165) is 77.6 Å². The fourth-order valence-corrected chi connectivity index (χ4v) is 8.10. The zero-order valence-electron chi connectivity index (χ0n) is 29.1. The van der Waals surface area contributed by atoms with Gasteiger partial charge in [0.05, 0.1) is 45.3 Å². The number of nitrogens with zero attached hydrogens (tertiary/aromatic N) is 4. The molecule has 0 aliphatic heterocycles. The van der Waals surface area contributed by atoms with Crippen molar-refractivity contribution in [3.05, 3.63) is 193 Å². The number of rotatable bonds is 5. The second kappa shape index (κ2) is 12.5. The predicted molar refractivity (Wildman–Crippen MR) is 221 cm³/mol. The third kappa shape index (κ3) is 4.98. The Morgan fingerprint density at radius 3 is 1.35 bits per heavy atom. The van der Waals surface area contributed by atoms with Crippen molar-refractivity contribution in [2.45, 2.75) is 0 Å². The summed E-state index contributed by atoms with van der Waals surface area (Å²) in [6.07, 6.45) is 0. The summed E-state index contributed by atoms with van der Waals surface area (Å²) in [5.74, 6) is 0. The van der Waals surface area contributed by atoms with Gasteiger partial charge in [0.2, 0.25) is 0 Å². The predicted octanol–water partition coefficient (Wildman–Crippen LogP) is 12.6. The number of hydrogen-bond acceptors (Lipinski definition) is 2. The zero-order valence-corrected chi connectivity index (χ0v) is 29.1. The highest BCUT2D eigenvalue weighted by molar-refractivity contribution is 6.11. The molecule has 0 saturated heterocycles. The third-order valence-corrected chi connectivity index (χ3v) is 10.6. The van der Waals surface area contributed by atoms with E-state index in [2.05, 4.69) is 167 Å². The van der Waals surface area contributed by atoms with Gasteiger partial charge in [-0.3, -0.25) is 0 Å². The van der Waals surface area contributed by atoms with Gasteiger partial charge in [0.25, 0.3) is 0 Å². The molecule has 0 amide bonds. The molecule has 0 spiro atoms. The Morgan fingerprint density at radius 2 is 0.796 bits per heavy atom. The molecule has 0 bridgehead atoms. The Kier molecular flexibility index (Phi) is 7.22. The first-order valence-electron chi connectivity index (χ1n) is 18.0. The van der Waals surface area contributed by atoms with Gasteiger partial charge in [-0.2, -0.15) is 10.5 Å². The number of aromatic nitrogens is 2. The van der Waals surface area contributed by atoms with Crippen molar-refractivity contribution < 1.29 is 0 Å². The van der Waals surface area contributed by atoms with Gasteiger partial charge in [0, 0.05) is 32.9 Å². The van der Waals surface area contributed by atoms with Crippen LogP contribution >= 0.6 is 0 Å². The van der Waals surface area contributed by atoms with Crippen molar-refractivity contribution in [2.24, 2.45) is 0 Å². The fraction of sp³-hybridized carbons (Fsp3) is 0. The normalized spacial score (nSPS) is 11.3. The average Bonchev–Trinajstić information content (AvgIpc) is 3.76. The minimum atomic E-state index is 0.544. The molecule has 8 aromatic carbocycles. The Labute approximate surface area is 312 Å². The summed E-state index contributed by atoms with van der Waals surface area (Å²) >= 11 is 0. The molecule has 10 rings (SSSR count). The van der Waals surface area contributed by atoms with Gasteiger partial charge in [-0.1, -0.05) is 97.1 Å². The highest BCUT2D eigenvalue weighted by Gasteiger charge is 2.17. The molecule has 2 aromatic heterocycles. The van der Waals surface area contributed by atoms with E-state index in [1.807, 2.05) is 36.4 Å². The molecule has 0 aliphatic carbocycles. The van der Waals surface area contributed by atoms with Crippen molar-refractivity contribution in [1.29, 1.82) is 10.5 Å². The first-order valence-corrected chi connectivity index (χ1v) is 18.0. The molecule has 0 radical (unpaired) electrons. The quantitative estimate of drug-likeness (QED) is 0.181. The van der Waals surface area contributed by atoms with Crippen LogP contribution in [0.15, 0.2) is 182 Å². The topological polar surface area (TPSA) is 57.4 Å². The standard InChI is InChI=1S/C50H30N4/c51-31-33-25-37(36-21-24-50-46(30-36)44-16-8-10-18-48(44)54(50)41-13-5-2-6-14-41)28-38(26-33)42-22-19-34(27-39(42)32-52)35-20-23-49-45(29-35)43-15-7-9-17-47(43)53(49)40-11-3-1-4-12-40/h1-30H. The maximum Gasteiger partial charge on any atom is 0.0998 e. The SMILES string of the molecule is N#Cc1cc(-c2ccc3c(c2)c2ccccc2n3-c2ccccc2)cc(-c2ccc(-c3ccc4c(c3)c3ccccc3n4-c3ccccc3)cc2C#N)c1. The minimum absolute atomic E-state index is 0.544. The monoisotopic (exact) mass is 686 g/mol. The second-order valence-corrected chi connectivity index (χ2v) is 13.6. The van der Waals surface area contributed by atoms with E-state index in [4.69, 9.17) is 0 Å². The number of fused-ring (bicyclic) bond motifs is 6. The summed E-state index contributed by atoms with van der Waals surface area (Å²) < 4.78 is 4.60. The lowest BCUT2D eigenvalue weighted by Gasteiger charge is -2.12. The first-order chi connectivity index (χ1) is 26.7. The maximum absolute atomic E-state index is 10.5. The van der Waals surface area contributed by atoms with Gasteiger partial charge >= 0.3 is 0 Å².